The first-order valence-electron chi connectivity index (χ1n) is 8.96. The zero-order chi connectivity index (χ0) is 20.4. The van der Waals surface area contributed by atoms with Crippen molar-refractivity contribution in [3.8, 4) is 5.75 Å². The monoisotopic (exact) mass is 381 g/mol. The summed E-state index contributed by atoms with van der Waals surface area (Å²) >= 11 is 0. The van der Waals surface area contributed by atoms with Crippen LogP contribution in [0.25, 0.3) is 6.08 Å². The first-order chi connectivity index (χ1) is 13.5. The Kier molecular flexibility index (Phi) is 7.90. The highest BCUT2D eigenvalue weighted by Crippen LogP contribution is 2.21. The number of carbonyl (C=O) groups is 1. The van der Waals surface area contributed by atoms with E-state index in [0.29, 0.717) is 17.2 Å². The van der Waals surface area contributed by atoms with Gasteiger partial charge in [0.05, 0.1) is 10.5 Å². The fourth-order valence-electron chi connectivity index (χ4n) is 2.40. The number of allylic oxidation sites excluding steroid dienone is 1. The topological polar surface area (TPSA) is 93.8 Å². The molecule has 0 fully saturated rings. The van der Waals surface area contributed by atoms with E-state index in [0.717, 1.165) is 6.42 Å². The highest BCUT2D eigenvalue weighted by molar-refractivity contribution is 5.82. The molecule has 1 atom stereocenters. The molecule has 2 rings (SSSR count). The molecule has 0 spiro atoms. The van der Waals surface area contributed by atoms with Crippen LogP contribution in [0.5, 0.6) is 5.75 Å². The molecule has 0 bridgehead atoms. The van der Waals surface area contributed by atoms with Crippen LogP contribution in [-0.2, 0) is 4.79 Å². The second-order valence-electron chi connectivity index (χ2n) is 6.16. The number of nitrogens with zero attached hydrogens (tertiary/aromatic N) is 2. The van der Waals surface area contributed by atoms with E-state index in [2.05, 4.69) is 24.4 Å². The lowest BCUT2D eigenvalue weighted by Crippen LogP contribution is -2.24. The molecule has 146 valence electrons. The van der Waals surface area contributed by atoms with E-state index in [-0.39, 0.29) is 12.3 Å². The summed E-state index contributed by atoms with van der Waals surface area (Å²) in [4.78, 5) is 22.2. The zero-order valence-electron chi connectivity index (χ0n) is 15.9. The molecule has 2 aromatic rings. The van der Waals surface area contributed by atoms with Gasteiger partial charge in [0.15, 0.2) is 6.61 Å². The minimum absolute atomic E-state index is 0.00364. The van der Waals surface area contributed by atoms with E-state index in [4.69, 9.17) is 4.74 Å². The van der Waals surface area contributed by atoms with Crippen LogP contribution in [0.1, 0.15) is 37.3 Å². The minimum atomic E-state index is -0.453. The van der Waals surface area contributed by atoms with Crippen molar-refractivity contribution in [2.75, 3.05) is 6.61 Å². The van der Waals surface area contributed by atoms with Crippen LogP contribution < -0.4 is 10.2 Å². The molecule has 0 radical (unpaired) electrons. The highest BCUT2D eigenvalue weighted by Gasteiger charge is 2.08. The van der Waals surface area contributed by atoms with E-state index in [1.165, 1.54) is 23.9 Å². The lowest BCUT2D eigenvalue weighted by Gasteiger charge is -2.10. The van der Waals surface area contributed by atoms with Gasteiger partial charge in [-0.25, -0.2) is 5.43 Å². The number of benzene rings is 2. The fraction of sp³-hybridized carbons (Fsp3) is 0.238. The standard InChI is InChI=1S/C21H23N3O4/c1-3-16(2)17-10-12-19(13-11-17)28-15-21(25)23-22-14-6-8-18-7-4-5-9-20(18)24(26)27/h4-14,16H,3,15H2,1-2H3,(H,23,25). The number of hydrogen-bond donors (Lipinski definition) is 1. The molecule has 0 heterocycles. The number of nitrogens with one attached hydrogen (secondary N) is 1. The van der Waals surface area contributed by atoms with Gasteiger partial charge in [-0.3, -0.25) is 14.9 Å². The number of nitro benzene ring substituents is 1. The molecule has 0 aliphatic heterocycles. The maximum Gasteiger partial charge on any atom is 0.277 e. The molecule has 1 N–H and O–H groups in total. The lowest BCUT2D eigenvalue weighted by atomic mass is 9.99. The van der Waals surface area contributed by atoms with Crippen molar-refractivity contribution in [2.45, 2.75) is 26.2 Å². The van der Waals surface area contributed by atoms with E-state index in [1.807, 2.05) is 24.3 Å². The first-order valence-corrected chi connectivity index (χ1v) is 8.96. The van der Waals surface area contributed by atoms with Gasteiger partial charge in [0.1, 0.15) is 5.75 Å². The maximum absolute atomic E-state index is 11.8. The summed E-state index contributed by atoms with van der Waals surface area (Å²) < 4.78 is 5.43. The lowest BCUT2D eigenvalue weighted by molar-refractivity contribution is -0.385. The zero-order valence-corrected chi connectivity index (χ0v) is 15.9. The van der Waals surface area contributed by atoms with Gasteiger partial charge in [0, 0.05) is 12.3 Å². The normalized spacial score (nSPS) is 12.2. The average Bonchev–Trinajstić information content (AvgIpc) is 2.72. The Hall–Kier alpha value is -3.48. The summed E-state index contributed by atoms with van der Waals surface area (Å²) in [6.45, 7) is 4.13. The molecule has 1 unspecified atom stereocenters. The summed E-state index contributed by atoms with van der Waals surface area (Å²) in [5, 5.41) is 14.7. The van der Waals surface area contributed by atoms with Gasteiger partial charge >= 0.3 is 0 Å². The van der Waals surface area contributed by atoms with Crippen LogP contribution in [-0.4, -0.2) is 23.7 Å². The van der Waals surface area contributed by atoms with Crippen molar-refractivity contribution < 1.29 is 14.5 Å². The Labute approximate surface area is 163 Å². The number of ether oxygens (including phenoxy) is 1. The van der Waals surface area contributed by atoms with Gasteiger partial charge < -0.3 is 4.74 Å². The third-order valence-electron chi connectivity index (χ3n) is 4.19. The average molecular weight is 381 g/mol. The molecule has 28 heavy (non-hydrogen) atoms. The van der Waals surface area contributed by atoms with Gasteiger partial charge in [-0.05, 0) is 48.3 Å². The molecule has 2 aromatic carbocycles. The maximum atomic E-state index is 11.8. The Morgan fingerprint density at radius 1 is 1.25 bits per heavy atom. The highest BCUT2D eigenvalue weighted by atomic mass is 16.6. The number of hydrazone groups is 1. The largest absolute Gasteiger partial charge is 0.484 e. The van der Waals surface area contributed by atoms with E-state index < -0.39 is 10.8 Å². The van der Waals surface area contributed by atoms with Crippen LogP contribution in [0.4, 0.5) is 5.69 Å². The number of carbonyl (C=O) groups excluding carboxylic acids is 1. The van der Waals surface area contributed by atoms with E-state index in [1.54, 1.807) is 24.3 Å². The third-order valence-corrected chi connectivity index (χ3v) is 4.19. The smallest absolute Gasteiger partial charge is 0.277 e. The number of rotatable bonds is 9. The fourth-order valence-corrected chi connectivity index (χ4v) is 2.40. The summed E-state index contributed by atoms with van der Waals surface area (Å²) in [6.07, 6.45) is 5.46. The van der Waals surface area contributed by atoms with Crippen molar-refractivity contribution in [1.29, 1.82) is 0 Å². The van der Waals surface area contributed by atoms with Crippen molar-refractivity contribution in [3.05, 3.63) is 75.8 Å². The SMILES string of the molecule is CCC(C)c1ccc(OCC(=O)NN=CC=Cc2ccccc2[N+](=O)[O-])cc1. The molecule has 7 nitrogen and oxygen atoms in total. The third kappa shape index (κ3) is 6.35. The number of nitro groups is 1. The van der Waals surface area contributed by atoms with E-state index >= 15 is 0 Å². The van der Waals surface area contributed by atoms with Crippen LogP contribution in [0.15, 0.2) is 59.7 Å². The van der Waals surface area contributed by atoms with Crippen LogP contribution in [0.2, 0.25) is 0 Å². The quantitative estimate of drug-likeness (QED) is 0.398. The molecule has 1 amide bonds. The van der Waals surface area contributed by atoms with Gasteiger partial charge in [0.25, 0.3) is 11.6 Å². The Bertz CT molecular complexity index is 860. The van der Waals surface area contributed by atoms with Crippen LogP contribution in [0, 0.1) is 10.1 Å². The summed E-state index contributed by atoms with van der Waals surface area (Å²) in [5.41, 5.74) is 4.02. The second kappa shape index (κ2) is 10.6. The second-order valence-corrected chi connectivity index (χ2v) is 6.16. The van der Waals surface area contributed by atoms with Gasteiger partial charge in [-0.15, -0.1) is 0 Å². The van der Waals surface area contributed by atoms with Crippen molar-refractivity contribution in [1.82, 2.24) is 5.43 Å². The van der Waals surface area contributed by atoms with Gasteiger partial charge in [0.2, 0.25) is 0 Å². The number of para-hydroxylation sites is 1. The van der Waals surface area contributed by atoms with Crippen molar-refractivity contribution in [3.63, 3.8) is 0 Å². The Morgan fingerprint density at radius 2 is 1.96 bits per heavy atom. The summed E-state index contributed by atoms with van der Waals surface area (Å²) in [7, 11) is 0. The Balaban J connectivity index is 1.79. The summed E-state index contributed by atoms with van der Waals surface area (Å²) in [5.74, 6) is 0.695. The van der Waals surface area contributed by atoms with Crippen LogP contribution in [0.3, 0.4) is 0 Å². The molecule has 0 aromatic heterocycles. The number of hydrogen-bond acceptors (Lipinski definition) is 5. The molecule has 0 aliphatic rings. The van der Waals surface area contributed by atoms with Gasteiger partial charge in [-0.1, -0.05) is 38.1 Å². The van der Waals surface area contributed by atoms with Crippen molar-refractivity contribution in [2.24, 2.45) is 5.10 Å². The molecule has 0 saturated carbocycles. The summed E-state index contributed by atoms with van der Waals surface area (Å²) in [6, 6.07) is 14.0. The molecule has 0 saturated heterocycles. The minimum Gasteiger partial charge on any atom is -0.484 e. The molecule has 7 heteroatoms. The van der Waals surface area contributed by atoms with Crippen LogP contribution >= 0.6 is 0 Å². The predicted octanol–water partition coefficient (Wildman–Crippen LogP) is 4.30. The molecular weight excluding hydrogens is 358 g/mol. The van der Waals surface area contributed by atoms with E-state index in [9.17, 15) is 14.9 Å². The molecular formula is C21H23N3O4. The predicted molar refractivity (Wildman–Crippen MR) is 109 cm³/mol. The Morgan fingerprint density at radius 3 is 2.64 bits per heavy atom. The molecule has 0 aliphatic carbocycles. The van der Waals surface area contributed by atoms with Gasteiger partial charge in [-0.2, -0.15) is 5.10 Å². The number of amides is 1. The first kappa shape index (κ1) is 20.8. The van der Waals surface area contributed by atoms with Crippen molar-refractivity contribution >= 4 is 23.9 Å².